The molecule has 1 aromatic carbocycles. The average Bonchev–Trinajstić information content (AvgIpc) is 2.78. The van der Waals surface area contributed by atoms with Gasteiger partial charge in [-0.05, 0) is 38.3 Å². The zero-order chi connectivity index (χ0) is 24.9. The first-order chi connectivity index (χ1) is 16.9. The highest BCUT2D eigenvalue weighted by Gasteiger charge is 2.31. The molecular weight excluding hydrogens is 458 g/mol. The van der Waals surface area contributed by atoms with Crippen molar-refractivity contribution in [3.63, 3.8) is 0 Å². The molecule has 1 saturated heterocycles. The summed E-state index contributed by atoms with van der Waals surface area (Å²) in [5, 5.41) is 13.5. The van der Waals surface area contributed by atoms with Crippen LogP contribution in [0.15, 0.2) is 24.5 Å². The van der Waals surface area contributed by atoms with Crippen LogP contribution in [0.4, 0.5) is 20.4 Å². The fraction of sp³-hybridized carbons (Fsp3) is 0.542. The molecule has 2 fully saturated rings. The predicted molar refractivity (Wildman–Crippen MR) is 127 cm³/mol. The van der Waals surface area contributed by atoms with Crippen molar-refractivity contribution < 1.29 is 23.4 Å². The van der Waals surface area contributed by atoms with Crippen molar-refractivity contribution in [3.05, 3.63) is 41.7 Å². The molecule has 1 aliphatic carbocycles. The minimum atomic E-state index is -0.676. The Morgan fingerprint density at radius 2 is 2.11 bits per heavy atom. The second-order valence-electron chi connectivity index (χ2n) is 9.23. The number of carbonyl (C=O) groups is 1. The zero-order valence-electron chi connectivity index (χ0n) is 19.8. The van der Waals surface area contributed by atoms with Crippen molar-refractivity contribution in [1.82, 2.24) is 14.9 Å². The second kappa shape index (κ2) is 11.1. The topological polar surface area (TPSA) is 117 Å². The summed E-state index contributed by atoms with van der Waals surface area (Å²) in [6.45, 7) is 1.54. The molecule has 2 atom stereocenters. The molecule has 1 aliphatic heterocycles. The van der Waals surface area contributed by atoms with Gasteiger partial charge in [0.05, 0.1) is 19.8 Å². The number of nitrogens with zero attached hydrogens (tertiary/aromatic N) is 4. The number of aliphatic hydroxyl groups excluding tert-OH is 1. The first kappa shape index (κ1) is 25.1. The van der Waals surface area contributed by atoms with E-state index in [-0.39, 0.29) is 36.7 Å². The van der Waals surface area contributed by atoms with Crippen LogP contribution in [0.3, 0.4) is 0 Å². The molecule has 0 unspecified atom stereocenters. The number of carbonyl (C=O) groups excluding carboxylic acids is 1. The second-order valence-corrected chi connectivity index (χ2v) is 9.23. The number of piperidine rings is 1. The standard InChI is InChI=1S/C24H32F2N6O3/c1-35-18-6-5-16(19(25)9-18)11-32(17-3-2-4-17)24-22(26)23(29-14-30-24)28-10-15-7-8-31(12-20(15)33)13-21(27)34/h5-6,9,14-15,17,20,33H,2-4,7-8,10-13H2,1H3,(H2,27,34)(H,28,29,30)/t15-,20+/m0/s1. The Kier molecular flexibility index (Phi) is 7.97. The number of aliphatic hydroxyl groups is 1. The van der Waals surface area contributed by atoms with Crippen molar-refractivity contribution in [2.75, 3.05) is 43.5 Å². The Labute approximate surface area is 203 Å². The van der Waals surface area contributed by atoms with Crippen LogP contribution in [0.5, 0.6) is 5.75 Å². The van der Waals surface area contributed by atoms with Crippen molar-refractivity contribution in [1.29, 1.82) is 0 Å². The van der Waals surface area contributed by atoms with Gasteiger partial charge in [-0.3, -0.25) is 9.69 Å². The summed E-state index contributed by atoms with van der Waals surface area (Å²) in [5.41, 5.74) is 5.66. The Bertz CT molecular complexity index is 1040. The molecule has 1 aromatic heterocycles. The number of amides is 1. The molecule has 9 nitrogen and oxygen atoms in total. The monoisotopic (exact) mass is 490 g/mol. The molecule has 2 aliphatic rings. The minimum Gasteiger partial charge on any atom is -0.497 e. The van der Waals surface area contributed by atoms with Crippen LogP contribution >= 0.6 is 0 Å². The molecule has 0 bridgehead atoms. The molecule has 2 heterocycles. The highest BCUT2D eigenvalue weighted by molar-refractivity contribution is 5.75. The highest BCUT2D eigenvalue weighted by Crippen LogP contribution is 2.33. The SMILES string of the molecule is COc1ccc(CN(c2ncnc(NC[C@@H]3CCN(CC(N)=O)C[C@H]3O)c2F)C2CCC2)c(F)c1. The molecule has 0 spiro atoms. The van der Waals surface area contributed by atoms with Gasteiger partial charge in [-0.1, -0.05) is 6.07 Å². The summed E-state index contributed by atoms with van der Waals surface area (Å²) < 4.78 is 35.3. The van der Waals surface area contributed by atoms with Crippen molar-refractivity contribution in [2.45, 2.75) is 44.4 Å². The van der Waals surface area contributed by atoms with Crippen LogP contribution in [0, 0.1) is 17.6 Å². The number of nitrogens with one attached hydrogen (secondary N) is 1. The number of rotatable bonds is 10. The first-order valence-electron chi connectivity index (χ1n) is 11.9. The third-order valence-corrected chi connectivity index (χ3v) is 6.88. The van der Waals surface area contributed by atoms with Gasteiger partial charge in [-0.15, -0.1) is 0 Å². The summed E-state index contributed by atoms with van der Waals surface area (Å²) in [6, 6.07) is 4.70. The molecule has 4 N–H and O–H groups in total. The summed E-state index contributed by atoms with van der Waals surface area (Å²) in [7, 11) is 1.48. The van der Waals surface area contributed by atoms with Crippen LogP contribution in [0.2, 0.25) is 0 Å². The lowest BCUT2D eigenvalue weighted by Gasteiger charge is -2.39. The van der Waals surface area contributed by atoms with E-state index in [2.05, 4.69) is 15.3 Å². The van der Waals surface area contributed by atoms with E-state index in [1.165, 1.54) is 19.5 Å². The van der Waals surface area contributed by atoms with Crippen LogP contribution in [0.1, 0.15) is 31.2 Å². The largest absolute Gasteiger partial charge is 0.497 e. The Hall–Kier alpha value is -3.05. The average molecular weight is 491 g/mol. The molecule has 1 amide bonds. The third kappa shape index (κ3) is 5.96. The van der Waals surface area contributed by atoms with Crippen molar-refractivity contribution in [2.24, 2.45) is 11.7 Å². The fourth-order valence-electron chi connectivity index (χ4n) is 4.60. The number of primary amides is 1. The highest BCUT2D eigenvalue weighted by atomic mass is 19.1. The summed E-state index contributed by atoms with van der Waals surface area (Å²) in [4.78, 5) is 23.0. The van der Waals surface area contributed by atoms with Crippen LogP contribution in [-0.4, -0.2) is 71.3 Å². The maximum absolute atomic E-state index is 15.6. The number of benzene rings is 1. The van der Waals surface area contributed by atoms with Crippen molar-refractivity contribution in [3.8, 4) is 5.75 Å². The van der Waals surface area contributed by atoms with Crippen LogP contribution in [0.25, 0.3) is 0 Å². The quantitative estimate of drug-likeness (QED) is 0.463. The summed E-state index contributed by atoms with van der Waals surface area (Å²) in [5.74, 6) is -1.00. The van der Waals surface area contributed by atoms with E-state index in [4.69, 9.17) is 10.5 Å². The number of methoxy groups -OCH3 is 1. The van der Waals surface area contributed by atoms with E-state index in [0.717, 1.165) is 19.3 Å². The number of ether oxygens (including phenoxy) is 1. The fourth-order valence-corrected chi connectivity index (χ4v) is 4.60. The van der Waals surface area contributed by atoms with Gasteiger partial charge < -0.3 is 25.8 Å². The Balaban J connectivity index is 1.46. The maximum Gasteiger partial charge on any atom is 0.231 e. The third-order valence-electron chi connectivity index (χ3n) is 6.88. The molecule has 2 aromatic rings. The van der Waals surface area contributed by atoms with Gasteiger partial charge in [-0.25, -0.2) is 14.4 Å². The van der Waals surface area contributed by atoms with Crippen LogP contribution < -0.4 is 20.7 Å². The molecule has 11 heteroatoms. The lowest BCUT2D eigenvalue weighted by molar-refractivity contribution is -0.120. The first-order valence-corrected chi connectivity index (χ1v) is 11.9. The molecule has 1 saturated carbocycles. The maximum atomic E-state index is 15.6. The van der Waals surface area contributed by atoms with Gasteiger partial charge in [0.25, 0.3) is 0 Å². The predicted octanol–water partition coefficient (Wildman–Crippen LogP) is 1.90. The summed E-state index contributed by atoms with van der Waals surface area (Å²) >= 11 is 0. The number of nitrogens with two attached hydrogens (primary N) is 1. The Morgan fingerprint density at radius 1 is 1.31 bits per heavy atom. The lowest BCUT2D eigenvalue weighted by Crippen LogP contribution is -2.48. The van der Waals surface area contributed by atoms with Gasteiger partial charge in [0.15, 0.2) is 11.6 Å². The summed E-state index contributed by atoms with van der Waals surface area (Å²) in [6.07, 6.45) is 4.02. The van der Waals surface area contributed by atoms with E-state index in [1.807, 2.05) is 4.90 Å². The van der Waals surface area contributed by atoms with E-state index in [1.54, 1.807) is 17.0 Å². The van der Waals surface area contributed by atoms with Gasteiger partial charge in [0.1, 0.15) is 17.9 Å². The minimum absolute atomic E-state index is 0.0429. The molecule has 0 radical (unpaired) electrons. The van der Waals surface area contributed by atoms with Gasteiger partial charge >= 0.3 is 0 Å². The lowest BCUT2D eigenvalue weighted by atomic mass is 9.91. The molecule has 35 heavy (non-hydrogen) atoms. The smallest absolute Gasteiger partial charge is 0.231 e. The number of halogens is 2. The van der Waals surface area contributed by atoms with E-state index < -0.39 is 23.6 Å². The van der Waals surface area contributed by atoms with Gasteiger partial charge in [-0.2, -0.15) is 4.39 Å². The van der Waals surface area contributed by atoms with E-state index in [9.17, 15) is 14.3 Å². The number of hydrogen-bond donors (Lipinski definition) is 3. The van der Waals surface area contributed by atoms with Crippen LogP contribution in [-0.2, 0) is 11.3 Å². The number of hydrogen-bond acceptors (Lipinski definition) is 8. The van der Waals surface area contributed by atoms with Crippen molar-refractivity contribution >= 4 is 17.5 Å². The van der Waals surface area contributed by atoms with E-state index >= 15 is 4.39 Å². The molecule has 190 valence electrons. The Morgan fingerprint density at radius 3 is 2.74 bits per heavy atom. The number of β-amino-alcohol motifs (C(OH)–C–C–N with tert-alkyl or cyclic N) is 1. The zero-order valence-corrected chi connectivity index (χ0v) is 19.8. The van der Waals surface area contributed by atoms with Gasteiger partial charge in [0, 0.05) is 43.2 Å². The van der Waals surface area contributed by atoms with E-state index in [0.29, 0.717) is 37.4 Å². The number of likely N-dealkylation sites (tertiary alicyclic amines) is 1. The molecule has 4 rings (SSSR count). The number of aromatic nitrogens is 2. The van der Waals surface area contributed by atoms with Gasteiger partial charge in [0.2, 0.25) is 11.7 Å². The molecular formula is C24H32F2N6O3. The number of anilines is 2. The normalized spacial score (nSPS) is 20.8.